The van der Waals surface area contributed by atoms with E-state index in [2.05, 4.69) is 0 Å². The largest absolute Gasteiger partial charge is 0.477 e. The lowest BCUT2D eigenvalue weighted by molar-refractivity contribution is -0.171. The molecule has 2 fully saturated rings. The third-order valence-corrected chi connectivity index (χ3v) is 5.79. The van der Waals surface area contributed by atoms with E-state index in [1.807, 2.05) is 0 Å². The number of anilines is 1. The predicted molar refractivity (Wildman–Crippen MR) is 97.0 cm³/mol. The molecule has 0 amide bonds. The first-order chi connectivity index (χ1) is 13.5. The number of carbonyl (C=O) groups is 1. The van der Waals surface area contributed by atoms with E-state index in [0.29, 0.717) is 16.6 Å². The SMILES string of the molecule is Cc1c(N2C[C@H](N)[C@@H](C(F)(F)F)C2)c(F)cn2c(=O)c(C(=O)O)cc(C3CC3)c12. The van der Waals surface area contributed by atoms with Crippen molar-refractivity contribution in [3.63, 3.8) is 0 Å². The molecule has 1 saturated heterocycles. The molecule has 2 atom stereocenters. The first-order valence-electron chi connectivity index (χ1n) is 9.19. The van der Waals surface area contributed by atoms with Gasteiger partial charge in [0.05, 0.1) is 23.3 Å². The Kier molecular flexibility index (Phi) is 4.38. The summed E-state index contributed by atoms with van der Waals surface area (Å²) in [6, 6.07) is 0.116. The zero-order valence-corrected chi connectivity index (χ0v) is 15.5. The van der Waals surface area contributed by atoms with Crippen molar-refractivity contribution in [3.8, 4) is 0 Å². The third kappa shape index (κ3) is 3.15. The van der Waals surface area contributed by atoms with Crippen LogP contribution in [-0.2, 0) is 0 Å². The van der Waals surface area contributed by atoms with Crippen molar-refractivity contribution in [2.45, 2.75) is 37.9 Å². The van der Waals surface area contributed by atoms with Crippen LogP contribution < -0.4 is 16.2 Å². The molecule has 2 aliphatic rings. The molecule has 0 unspecified atom stereocenters. The molecule has 10 heteroatoms. The smallest absolute Gasteiger partial charge is 0.395 e. The van der Waals surface area contributed by atoms with E-state index in [1.54, 1.807) is 0 Å². The van der Waals surface area contributed by atoms with E-state index in [-0.39, 0.29) is 18.2 Å². The Morgan fingerprint density at radius 2 is 1.93 bits per heavy atom. The van der Waals surface area contributed by atoms with Gasteiger partial charge in [-0.2, -0.15) is 13.2 Å². The highest BCUT2D eigenvalue weighted by Crippen LogP contribution is 2.44. The lowest BCUT2D eigenvalue weighted by atomic mass is 10.0. The number of aryl methyl sites for hydroxylation is 1. The van der Waals surface area contributed by atoms with Gasteiger partial charge in [0, 0.05) is 19.1 Å². The molecule has 1 aliphatic carbocycles. The molecular weight excluding hydrogens is 394 g/mol. The van der Waals surface area contributed by atoms with Gasteiger partial charge in [-0.25, -0.2) is 9.18 Å². The van der Waals surface area contributed by atoms with Crippen molar-refractivity contribution in [2.75, 3.05) is 18.0 Å². The summed E-state index contributed by atoms with van der Waals surface area (Å²) in [5, 5.41) is 9.32. The van der Waals surface area contributed by atoms with Crippen LogP contribution in [0, 0.1) is 18.7 Å². The van der Waals surface area contributed by atoms with Gasteiger partial charge in [0.1, 0.15) is 5.56 Å². The number of pyridine rings is 2. The van der Waals surface area contributed by atoms with Gasteiger partial charge in [0.25, 0.3) is 5.56 Å². The van der Waals surface area contributed by atoms with Gasteiger partial charge in [-0.05, 0) is 42.9 Å². The maximum Gasteiger partial charge on any atom is 0.395 e. The fourth-order valence-corrected chi connectivity index (χ4v) is 4.25. The van der Waals surface area contributed by atoms with E-state index in [1.165, 1.54) is 17.9 Å². The van der Waals surface area contributed by atoms with Crippen LogP contribution in [0.2, 0.25) is 0 Å². The van der Waals surface area contributed by atoms with Crippen LogP contribution in [0.25, 0.3) is 5.52 Å². The standard InChI is InChI=1S/C19H19F4N3O3/c1-8-15-10(9-2-3-9)4-11(18(28)29)17(27)26(15)6-13(20)16(8)25-5-12(14(24)7-25)19(21,22)23/h4,6,9,12,14H,2-3,5,7,24H2,1H3,(H,28,29)/t12-,14-/m0/s1. The highest BCUT2D eigenvalue weighted by Gasteiger charge is 2.49. The Morgan fingerprint density at radius 1 is 1.28 bits per heavy atom. The summed E-state index contributed by atoms with van der Waals surface area (Å²) in [5.41, 5.74) is 5.54. The first-order valence-corrected chi connectivity index (χ1v) is 9.19. The van der Waals surface area contributed by atoms with Crippen LogP contribution in [0.3, 0.4) is 0 Å². The van der Waals surface area contributed by atoms with E-state index in [0.717, 1.165) is 23.4 Å². The number of rotatable bonds is 3. The second kappa shape index (κ2) is 6.45. The van der Waals surface area contributed by atoms with Crippen molar-refractivity contribution >= 4 is 17.2 Å². The molecule has 0 radical (unpaired) electrons. The van der Waals surface area contributed by atoms with Gasteiger partial charge in [-0.1, -0.05) is 0 Å². The fourth-order valence-electron chi connectivity index (χ4n) is 4.25. The Morgan fingerprint density at radius 3 is 2.45 bits per heavy atom. The molecule has 2 aromatic rings. The van der Waals surface area contributed by atoms with Crippen molar-refractivity contribution in [2.24, 2.45) is 11.7 Å². The summed E-state index contributed by atoms with van der Waals surface area (Å²) in [6.45, 7) is 0.884. The molecule has 156 valence electrons. The number of nitrogens with zero attached hydrogens (tertiary/aromatic N) is 2. The molecule has 2 aromatic heterocycles. The molecule has 6 nitrogen and oxygen atoms in total. The maximum atomic E-state index is 15.0. The number of fused-ring (bicyclic) bond motifs is 1. The minimum atomic E-state index is -4.50. The third-order valence-electron chi connectivity index (χ3n) is 5.79. The first kappa shape index (κ1) is 19.7. The molecule has 29 heavy (non-hydrogen) atoms. The predicted octanol–water partition coefficient (Wildman–Crippen LogP) is 2.65. The molecule has 0 spiro atoms. The number of halogens is 4. The lowest BCUT2D eigenvalue weighted by Crippen LogP contribution is -2.38. The monoisotopic (exact) mass is 413 g/mol. The molecule has 1 saturated carbocycles. The topological polar surface area (TPSA) is 88.0 Å². The summed E-state index contributed by atoms with van der Waals surface area (Å²) in [4.78, 5) is 25.3. The highest BCUT2D eigenvalue weighted by atomic mass is 19.4. The van der Waals surface area contributed by atoms with E-state index in [4.69, 9.17) is 5.73 Å². The van der Waals surface area contributed by atoms with E-state index in [9.17, 15) is 32.3 Å². The minimum Gasteiger partial charge on any atom is -0.477 e. The quantitative estimate of drug-likeness (QED) is 0.756. The maximum absolute atomic E-state index is 15.0. The number of carboxylic acid groups (broad SMARTS) is 1. The Balaban J connectivity index is 1.92. The lowest BCUT2D eigenvalue weighted by Gasteiger charge is -2.24. The molecule has 4 rings (SSSR count). The van der Waals surface area contributed by atoms with Gasteiger partial charge in [-0.15, -0.1) is 0 Å². The van der Waals surface area contributed by atoms with Crippen molar-refractivity contribution in [3.05, 3.63) is 45.1 Å². The van der Waals surface area contributed by atoms with E-state index >= 15 is 0 Å². The molecule has 0 bridgehead atoms. The zero-order chi connectivity index (χ0) is 21.2. The second-order valence-corrected chi connectivity index (χ2v) is 7.78. The fraction of sp³-hybridized carbons (Fsp3) is 0.474. The number of carboxylic acids is 1. The summed E-state index contributed by atoms with van der Waals surface area (Å²) >= 11 is 0. The van der Waals surface area contributed by atoms with Crippen LogP contribution in [0.4, 0.5) is 23.2 Å². The van der Waals surface area contributed by atoms with Crippen LogP contribution in [0.15, 0.2) is 17.1 Å². The number of nitrogens with two attached hydrogens (primary N) is 1. The van der Waals surface area contributed by atoms with Crippen molar-refractivity contribution in [1.29, 1.82) is 0 Å². The molecule has 3 heterocycles. The van der Waals surface area contributed by atoms with Gasteiger partial charge >= 0.3 is 12.1 Å². The van der Waals surface area contributed by atoms with Gasteiger partial charge in [0.2, 0.25) is 0 Å². The van der Waals surface area contributed by atoms with E-state index < -0.39 is 47.6 Å². The summed E-state index contributed by atoms with van der Waals surface area (Å²) in [6.07, 6.45) is -2.04. The van der Waals surface area contributed by atoms with Crippen LogP contribution in [0.5, 0.6) is 0 Å². The average Bonchev–Trinajstić information content (AvgIpc) is 3.37. The number of hydrogen-bond acceptors (Lipinski definition) is 4. The Labute approximate surface area is 162 Å². The summed E-state index contributed by atoms with van der Waals surface area (Å²) in [7, 11) is 0. The summed E-state index contributed by atoms with van der Waals surface area (Å²) in [5.74, 6) is -4.05. The van der Waals surface area contributed by atoms with Crippen molar-refractivity contribution in [1.82, 2.24) is 4.40 Å². The second-order valence-electron chi connectivity index (χ2n) is 7.78. The molecular formula is C19H19F4N3O3. The van der Waals surface area contributed by atoms with Crippen LogP contribution in [-0.4, -0.2) is 40.8 Å². The molecule has 3 N–H and O–H groups in total. The van der Waals surface area contributed by atoms with Gasteiger partial charge < -0.3 is 15.7 Å². The average molecular weight is 413 g/mol. The van der Waals surface area contributed by atoms with Crippen molar-refractivity contribution < 1.29 is 27.5 Å². The highest BCUT2D eigenvalue weighted by molar-refractivity contribution is 5.89. The van der Waals surface area contributed by atoms with Crippen LogP contribution >= 0.6 is 0 Å². The number of aromatic nitrogens is 1. The summed E-state index contributed by atoms with van der Waals surface area (Å²) < 4.78 is 55.5. The Hall–Kier alpha value is -2.62. The van der Waals surface area contributed by atoms with Crippen LogP contribution in [0.1, 0.15) is 40.2 Å². The van der Waals surface area contributed by atoms with Gasteiger partial charge in [0.15, 0.2) is 5.82 Å². The molecule has 1 aliphatic heterocycles. The zero-order valence-electron chi connectivity index (χ0n) is 15.5. The minimum absolute atomic E-state index is 0.0309. The number of aromatic carboxylic acids is 1. The number of hydrogen-bond donors (Lipinski definition) is 2. The normalized spacial score (nSPS) is 22.5. The molecule has 0 aromatic carbocycles. The number of alkyl halides is 3. The Bertz CT molecular complexity index is 1080. The van der Waals surface area contributed by atoms with Gasteiger partial charge in [-0.3, -0.25) is 9.20 Å².